The van der Waals surface area contributed by atoms with Gasteiger partial charge in [-0.15, -0.1) is 0 Å². The van der Waals surface area contributed by atoms with Crippen LogP contribution in [0, 0.1) is 17.0 Å². The average molecular weight is 264 g/mol. The fourth-order valence-electron chi connectivity index (χ4n) is 2.50. The monoisotopic (exact) mass is 264 g/mol. The van der Waals surface area contributed by atoms with Gasteiger partial charge >= 0.3 is 0 Å². The number of piperidine rings is 1. The van der Waals surface area contributed by atoms with Gasteiger partial charge in [-0.2, -0.15) is 0 Å². The van der Waals surface area contributed by atoms with Crippen LogP contribution in [0.1, 0.15) is 25.5 Å². The molecule has 0 radical (unpaired) electrons. The van der Waals surface area contributed by atoms with Crippen LogP contribution in [0.3, 0.4) is 0 Å². The molecule has 0 saturated carbocycles. The number of aryl methyl sites for hydroxylation is 1. The van der Waals surface area contributed by atoms with Crippen molar-refractivity contribution in [3.63, 3.8) is 0 Å². The van der Waals surface area contributed by atoms with E-state index in [1.165, 1.54) is 12.5 Å². The summed E-state index contributed by atoms with van der Waals surface area (Å²) in [5.41, 5.74) is 0.530. The molecule has 0 spiro atoms. The Morgan fingerprint density at radius 2 is 2.37 bits per heavy atom. The molecule has 1 aromatic rings. The number of hydrogen-bond donors (Lipinski definition) is 1. The highest BCUT2D eigenvalue weighted by Crippen LogP contribution is 2.20. The molecule has 1 aliphatic rings. The Hall–Kier alpha value is -1.69. The lowest BCUT2D eigenvalue weighted by Gasteiger charge is -2.32. The lowest BCUT2D eigenvalue weighted by molar-refractivity contribution is -0.385. The number of hydrogen-bond acceptors (Lipinski definition) is 5. The molecular formula is C13H20N4O2. The van der Waals surface area contributed by atoms with Crippen molar-refractivity contribution in [2.24, 2.45) is 0 Å². The van der Waals surface area contributed by atoms with Crippen molar-refractivity contribution in [3.05, 3.63) is 27.9 Å². The third-order valence-corrected chi connectivity index (χ3v) is 3.56. The van der Waals surface area contributed by atoms with Crippen molar-refractivity contribution in [2.75, 3.05) is 25.0 Å². The number of pyridine rings is 1. The van der Waals surface area contributed by atoms with Crippen LogP contribution in [0.25, 0.3) is 0 Å². The summed E-state index contributed by atoms with van der Waals surface area (Å²) in [6, 6.07) is 3.59. The second-order valence-corrected chi connectivity index (χ2v) is 4.93. The normalized spacial score (nSPS) is 20.2. The summed E-state index contributed by atoms with van der Waals surface area (Å²) in [7, 11) is 0. The third kappa shape index (κ3) is 3.41. The van der Waals surface area contributed by atoms with Gasteiger partial charge in [0, 0.05) is 18.7 Å². The Kier molecular flexibility index (Phi) is 4.31. The van der Waals surface area contributed by atoms with E-state index in [4.69, 9.17) is 0 Å². The van der Waals surface area contributed by atoms with E-state index in [1.807, 2.05) is 0 Å². The van der Waals surface area contributed by atoms with E-state index in [0.717, 1.165) is 31.9 Å². The van der Waals surface area contributed by atoms with Gasteiger partial charge in [-0.1, -0.05) is 6.92 Å². The minimum absolute atomic E-state index is 0.0735. The van der Waals surface area contributed by atoms with Crippen molar-refractivity contribution in [2.45, 2.75) is 32.7 Å². The number of likely N-dealkylation sites (N-methyl/N-ethyl adjacent to an activating group) is 1. The molecule has 1 aromatic heterocycles. The first-order chi connectivity index (χ1) is 9.10. The first-order valence-corrected chi connectivity index (χ1v) is 6.71. The van der Waals surface area contributed by atoms with Gasteiger partial charge in [0.15, 0.2) is 0 Å². The maximum Gasteiger partial charge on any atom is 0.290 e. The summed E-state index contributed by atoms with van der Waals surface area (Å²) in [4.78, 5) is 17.0. The van der Waals surface area contributed by atoms with E-state index in [9.17, 15) is 10.1 Å². The number of aromatic nitrogens is 1. The van der Waals surface area contributed by atoms with Gasteiger partial charge < -0.3 is 10.2 Å². The van der Waals surface area contributed by atoms with E-state index in [1.54, 1.807) is 13.0 Å². The van der Waals surface area contributed by atoms with E-state index < -0.39 is 4.92 Å². The molecule has 0 amide bonds. The molecule has 0 aliphatic carbocycles. The molecule has 6 heteroatoms. The molecule has 6 nitrogen and oxygen atoms in total. The maximum absolute atomic E-state index is 10.7. The van der Waals surface area contributed by atoms with Gasteiger partial charge in [-0.25, -0.2) is 4.98 Å². The Balaban J connectivity index is 2.03. The summed E-state index contributed by atoms with van der Waals surface area (Å²) in [5, 5.41) is 14.1. The minimum atomic E-state index is -0.397. The molecular weight excluding hydrogens is 244 g/mol. The minimum Gasteiger partial charge on any atom is -0.366 e. The molecule has 2 heterocycles. The zero-order valence-corrected chi connectivity index (χ0v) is 11.4. The predicted octanol–water partition coefficient (Wildman–Crippen LogP) is 2.19. The molecule has 1 atom stereocenters. The van der Waals surface area contributed by atoms with Crippen LogP contribution in [-0.2, 0) is 0 Å². The van der Waals surface area contributed by atoms with Crippen LogP contribution >= 0.6 is 0 Å². The summed E-state index contributed by atoms with van der Waals surface area (Å²) in [5.74, 6) is 0.728. The Morgan fingerprint density at radius 1 is 1.58 bits per heavy atom. The summed E-state index contributed by atoms with van der Waals surface area (Å²) < 4.78 is 0. The standard InChI is InChI=1S/C13H20N4O2/c1-3-16-8-4-5-11(9-16)15-13-7-6-12(17(18)19)10(2)14-13/h6-7,11H,3-5,8-9H2,1-2H3,(H,14,15)/t11-/m0/s1. The molecule has 104 valence electrons. The van der Waals surface area contributed by atoms with Gasteiger partial charge in [-0.3, -0.25) is 10.1 Å². The van der Waals surface area contributed by atoms with Crippen molar-refractivity contribution < 1.29 is 4.92 Å². The first-order valence-electron chi connectivity index (χ1n) is 6.71. The molecule has 1 N–H and O–H groups in total. The van der Waals surface area contributed by atoms with Crippen molar-refractivity contribution in [1.82, 2.24) is 9.88 Å². The van der Waals surface area contributed by atoms with Crippen molar-refractivity contribution in [1.29, 1.82) is 0 Å². The second-order valence-electron chi connectivity index (χ2n) is 4.93. The van der Waals surface area contributed by atoms with Crippen LogP contribution in [0.4, 0.5) is 11.5 Å². The molecule has 1 saturated heterocycles. The summed E-state index contributed by atoms with van der Waals surface area (Å²) in [6.07, 6.45) is 2.30. The predicted molar refractivity (Wildman–Crippen MR) is 74.4 cm³/mol. The van der Waals surface area contributed by atoms with Gasteiger partial charge in [0.05, 0.1) is 4.92 Å². The van der Waals surface area contributed by atoms with Gasteiger partial charge in [0.25, 0.3) is 5.69 Å². The smallest absolute Gasteiger partial charge is 0.290 e. The highest BCUT2D eigenvalue weighted by atomic mass is 16.6. The number of likely N-dealkylation sites (tertiary alicyclic amines) is 1. The number of rotatable bonds is 4. The van der Waals surface area contributed by atoms with Crippen LogP contribution < -0.4 is 5.32 Å². The van der Waals surface area contributed by atoms with Crippen molar-refractivity contribution >= 4 is 11.5 Å². The number of nitrogens with one attached hydrogen (secondary N) is 1. The summed E-state index contributed by atoms with van der Waals surface area (Å²) in [6.45, 7) is 7.06. The van der Waals surface area contributed by atoms with E-state index >= 15 is 0 Å². The van der Waals surface area contributed by atoms with E-state index in [2.05, 4.69) is 22.1 Å². The second kappa shape index (κ2) is 5.97. The topological polar surface area (TPSA) is 71.3 Å². The average Bonchev–Trinajstić information content (AvgIpc) is 2.38. The molecule has 1 fully saturated rings. The van der Waals surface area contributed by atoms with E-state index in [0.29, 0.717) is 11.7 Å². The molecule has 0 unspecified atom stereocenters. The molecule has 0 aromatic carbocycles. The lowest BCUT2D eigenvalue weighted by Crippen LogP contribution is -2.41. The first kappa shape index (κ1) is 13.7. The van der Waals surface area contributed by atoms with E-state index in [-0.39, 0.29) is 5.69 Å². The fourth-order valence-corrected chi connectivity index (χ4v) is 2.50. The quantitative estimate of drug-likeness (QED) is 0.666. The van der Waals surface area contributed by atoms with Crippen LogP contribution in [0.5, 0.6) is 0 Å². The van der Waals surface area contributed by atoms with Gasteiger partial charge in [-0.05, 0) is 38.9 Å². The molecule has 19 heavy (non-hydrogen) atoms. The van der Waals surface area contributed by atoms with Crippen LogP contribution in [0.15, 0.2) is 12.1 Å². The number of nitrogens with zero attached hydrogens (tertiary/aromatic N) is 3. The lowest BCUT2D eigenvalue weighted by atomic mass is 10.1. The number of nitro groups is 1. The van der Waals surface area contributed by atoms with Crippen molar-refractivity contribution in [3.8, 4) is 0 Å². The Bertz CT molecular complexity index is 464. The Labute approximate surface area is 113 Å². The fraction of sp³-hybridized carbons (Fsp3) is 0.615. The Morgan fingerprint density at radius 3 is 3.00 bits per heavy atom. The molecule has 1 aliphatic heterocycles. The SMILES string of the molecule is CCN1CCC[C@H](Nc2ccc([N+](=O)[O-])c(C)n2)C1. The van der Waals surface area contributed by atoms with Crippen LogP contribution in [0.2, 0.25) is 0 Å². The molecule has 2 rings (SSSR count). The molecule has 0 bridgehead atoms. The van der Waals surface area contributed by atoms with Gasteiger partial charge in [0.2, 0.25) is 0 Å². The zero-order chi connectivity index (χ0) is 13.8. The number of anilines is 1. The third-order valence-electron chi connectivity index (χ3n) is 3.56. The highest BCUT2D eigenvalue weighted by molar-refractivity contribution is 5.45. The largest absolute Gasteiger partial charge is 0.366 e. The van der Waals surface area contributed by atoms with Crippen LogP contribution in [-0.4, -0.2) is 40.5 Å². The highest BCUT2D eigenvalue weighted by Gasteiger charge is 2.19. The maximum atomic E-state index is 10.7. The van der Waals surface area contributed by atoms with Gasteiger partial charge in [0.1, 0.15) is 11.5 Å². The zero-order valence-electron chi connectivity index (χ0n) is 11.4. The summed E-state index contributed by atoms with van der Waals surface area (Å²) >= 11 is 0.